The maximum Gasteiger partial charge on any atom is 0.161 e. The van der Waals surface area contributed by atoms with E-state index in [9.17, 15) is 5.11 Å². The van der Waals surface area contributed by atoms with Gasteiger partial charge in [-0.2, -0.15) is 0 Å². The standard InChI is InChI=1S/C28H33NO3/c1-21(30)28(2)20-29(17-22-10-6-4-7-11-22)18-25(28)24-14-15-26(31-3)27(16-24)32-19-23-12-8-5-9-13-23/h4-16,21,25,30H,17-20H2,1-3H3/t21-,25+,28+/m1/s1. The van der Waals surface area contributed by atoms with Gasteiger partial charge in [0, 0.05) is 31.0 Å². The quantitative estimate of drug-likeness (QED) is 0.528. The van der Waals surface area contributed by atoms with Crippen LogP contribution in [0, 0.1) is 5.41 Å². The van der Waals surface area contributed by atoms with E-state index in [4.69, 9.17) is 9.47 Å². The Balaban J connectivity index is 1.58. The molecule has 168 valence electrons. The van der Waals surface area contributed by atoms with E-state index in [-0.39, 0.29) is 11.3 Å². The fraction of sp³-hybridized carbons (Fsp3) is 0.357. The lowest BCUT2D eigenvalue weighted by molar-refractivity contribution is 0.0474. The second-order valence-corrected chi connectivity index (χ2v) is 9.07. The van der Waals surface area contributed by atoms with Crippen molar-refractivity contribution in [1.82, 2.24) is 4.90 Å². The van der Waals surface area contributed by atoms with E-state index in [1.165, 1.54) is 11.1 Å². The van der Waals surface area contributed by atoms with Crippen LogP contribution < -0.4 is 9.47 Å². The number of methoxy groups -OCH3 is 1. The summed E-state index contributed by atoms with van der Waals surface area (Å²) in [4.78, 5) is 2.45. The van der Waals surface area contributed by atoms with E-state index in [0.29, 0.717) is 6.61 Å². The Morgan fingerprint density at radius 1 is 0.969 bits per heavy atom. The molecule has 0 saturated carbocycles. The van der Waals surface area contributed by atoms with Gasteiger partial charge in [0.05, 0.1) is 13.2 Å². The predicted molar refractivity (Wildman–Crippen MR) is 128 cm³/mol. The molecule has 1 aliphatic heterocycles. The molecule has 0 bridgehead atoms. The zero-order valence-corrected chi connectivity index (χ0v) is 19.2. The molecule has 0 spiro atoms. The first-order chi connectivity index (χ1) is 15.5. The van der Waals surface area contributed by atoms with Crippen molar-refractivity contribution in [3.8, 4) is 11.5 Å². The maximum atomic E-state index is 10.8. The van der Waals surface area contributed by atoms with Gasteiger partial charge >= 0.3 is 0 Å². The van der Waals surface area contributed by atoms with Crippen LogP contribution in [0.25, 0.3) is 0 Å². The molecule has 1 fully saturated rings. The smallest absolute Gasteiger partial charge is 0.161 e. The number of aliphatic hydroxyl groups is 1. The number of ether oxygens (including phenoxy) is 2. The van der Waals surface area contributed by atoms with Crippen LogP contribution in [0.2, 0.25) is 0 Å². The number of nitrogens with zero attached hydrogens (tertiary/aromatic N) is 1. The van der Waals surface area contributed by atoms with E-state index in [1.807, 2.05) is 37.3 Å². The second kappa shape index (κ2) is 9.76. The van der Waals surface area contributed by atoms with E-state index in [2.05, 4.69) is 60.4 Å². The molecule has 0 aromatic heterocycles. The molecule has 1 heterocycles. The van der Waals surface area contributed by atoms with Gasteiger partial charge in [0.15, 0.2) is 11.5 Å². The van der Waals surface area contributed by atoms with Gasteiger partial charge in [-0.25, -0.2) is 0 Å². The Kier molecular flexibility index (Phi) is 6.83. The van der Waals surface area contributed by atoms with E-state index >= 15 is 0 Å². The first kappa shape index (κ1) is 22.4. The largest absolute Gasteiger partial charge is 0.493 e. The van der Waals surface area contributed by atoms with Gasteiger partial charge in [0.25, 0.3) is 0 Å². The number of likely N-dealkylation sites (tertiary alicyclic amines) is 1. The SMILES string of the molecule is COc1ccc([C@@H]2CN(Cc3ccccc3)C[C@@]2(C)[C@@H](C)O)cc1OCc1ccccc1. The molecular formula is C28H33NO3. The molecule has 32 heavy (non-hydrogen) atoms. The first-order valence-corrected chi connectivity index (χ1v) is 11.3. The lowest BCUT2D eigenvalue weighted by Crippen LogP contribution is -2.37. The van der Waals surface area contributed by atoms with Gasteiger partial charge in [-0.05, 0) is 35.7 Å². The van der Waals surface area contributed by atoms with Crippen LogP contribution in [0.5, 0.6) is 11.5 Å². The molecule has 4 rings (SSSR count). The van der Waals surface area contributed by atoms with Crippen LogP contribution in [0.3, 0.4) is 0 Å². The van der Waals surface area contributed by atoms with E-state index in [1.54, 1.807) is 7.11 Å². The topological polar surface area (TPSA) is 41.9 Å². The number of rotatable bonds is 8. The Labute approximate surface area is 191 Å². The second-order valence-electron chi connectivity index (χ2n) is 9.07. The van der Waals surface area contributed by atoms with Gasteiger partial charge in [-0.15, -0.1) is 0 Å². The number of hydrogen-bond donors (Lipinski definition) is 1. The highest BCUT2D eigenvalue weighted by Crippen LogP contribution is 2.47. The molecule has 0 radical (unpaired) electrons. The Morgan fingerprint density at radius 2 is 1.62 bits per heavy atom. The maximum absolute atomic E-state index is 10.8. The normalized spacial score (nSPS) is 21.9. The molecule has 3 aromatic carbocycles. The molecule has 3 aromatic rings. The van der Waals surface area contributed by atoms with Gasteiger partial charge in [0.1, 0.15) is 6.61 Å². The number of hydrogen-bond acceptors (Lipinski definition) is 4. The molecule has 0 unspecified atom stereocenters. The van der Waals surface area contributed by atoms with Crippen LogP contribution in [-0.4, -0.2) is 36.3 Å². The van der Waals surface area contributed by atoms with Crippen LogP contribution in [0.1, 0.15) is 36.5 Å². The van der Waals surface area contributed by atoms with Crippen molar-refractivity contribution >= 4 is 0 Å². The highest BCUT2D eigenvalue weighted by molar-refractivity contribution is 5.45. The molecular weight excluding hydrogens is 398 g/mol. The highest BCUT2D eigenvalue weighted by Gasteiger charge is 2.46. The number of aliphatic hydroxyl groups excluding tert-OH is 1. The Bertz CT molecular complexity index is 1010. The number of benzene rings is 3. The molecule has 3 atom stereocenters. The lowest BCUT2D eigenvalue weighted by atomic mass is 9.72. The van der Waals surface area contributed by atoms with Gasteiger partial charge in [-0.1, -0.05) is 73.7 Å². The summed E-state index contributed by atoms with van der Waals surface area (Å²) in [5.41, 5.74) is 3.33. The molecule has 1 aliphatic rings. The zero-order valence-electron chi connectivity index (χ0n) is 19.2. The summed E-state index contributed by atoms with van der Waals surface area (Å²) in [6.45, 7) is 7.21. The van der Waals surface area contributed by atoms with E-state index < -0.39 is 6.10 Å². The van der Waals surface area contributed by atoms with Crippen molar-refractivity contribution in [2.75, 3.05) is 20.2 Å². The minimum absolute atomic E-state index is 0.191. The van der Waals surface area contributed by atoms with Gasteiger partial charge in [0.2, 0.25) is 0 Å². The van der Waals surface area contributed by atoms with Crippen LogP contribution in [0.4, 0.5) is 0 Å². The lowest BCUT2D eigenvalue weighted by Gasteiger charge is -2.34. The fourth-order valence-corrected chi connectivity index (χ4v) is 4.75. The Morgan fingerprint density at radius 3 is 2.25 bits per heavy atom. The van der Waals surface area contributed by atoms with Crippen LogP contribution >= 0.6 is 0 Å². The summed E-state index contributed by atoms with van der Waals surface area (Å²) in [6, 6.07) is 26.9. The highest BCUT2D eigenvalue weighted by atomic mass is 16.5. The molecule has 4 heteroatoms. The summed E-state index contributed by atoms with van der Waals surface area (Å²) in [5, 5.41) is 10.8. The molecule has 0 amide bonds. The summed E-state index contributed by atoms with van der Waals surface area (Å²) in [5.74, 6) is 1.65. The van der Waals surface area contributed by atoms with Crippen molar-refractivity contribution < 1.29 is 14.6 Å². The average molecular weight is 432 g/mol. The molecule has 4 nitrogen and oxygen atoms in total. The minimum atomic E-state index is -0.427. The third-order valence-corrected chi connectivity index (χ3v) is 6.83. The van der Waals surface area contributed by atoms with Crippen molar-refractivity contribution in [2.45, 2.75) is 39.0 Å². The van der Waals surface area contributed by atoms with Gasteiger partial charge in [-0.3, -0.25) is 4.90 Å². The monoisotopic (exact) mass is 431 g/mol. The summed E-state index contributed by atoms with van der Waals surface area (Å²) < 4.78 is 11.7. The van der Waals surface area contributed by atoms with Crippen molar-refractivity contribution in [3.63, 3.8) is 0 Å². The van der Waals surface area contributed by atoms with E-state index in [0.717, 1.165) is 36.7 Å². The summed E-state index contributed by atoms with van der Waals surface area (Å²) >= 11 is 0. The summed E-state index contributed by atoms with van der Waals surface area (Å²) in [6.07, 6.45) is -0.427. The average Bonchev–Trinajstić information content (AvgIpc) is 3.16. The first-order valence-electron chi connectivity index (χ1n) is 11.3. The zero-order chi connectivity index (χ0) is 22.6. The molecule has 1 saturated heterocycles. The third kappa shape index (κ3) is 4.82. The van der Waals surface area contributed by atoms with Crippen molar-refractivity contribution in [1.29, 1.82) is 0 Å². The predicted octanol–water partition coefficient (Wildman–Crippen LogP) is 5.26. The third-order valence-electron chi connectivity index (χ3n) is 6.83. The van der Waals surface area contributed by atoms with Gasteiger partial charge < -0.3 is 14.6 Å². The van der Waals surface area contributed by atoms with Crippen LogP contribution in [0.15, 0.2) is 78.9 Å². The van der Waals surface area contributed by atoms with Crippen molar-refractivity contribution in [2.24, 2.45) is 5.41 Å². The fourth-order valence-electron chi connectivity index (χ4n) is 4.75. The van der Waals surface area contributed by atoms with Crippen molar-refractivity contribution in [3.05, 3.63) is 95.6 Å². The molecule has 0 aliphatic carbocycles. The summed E-state index contributed by atoms with van der Waals surface area (Å²) in [7, 11) is 1.67. The molecule has 1 N–H and O–H groups in total. The van der Waals surface area contributed by atoms with Crippen LogP contribution in [-0.2, 0) is 13.2 Å². The minimum Gasteiger partial charge on any atom is -0.493 e. The Hall–Kier alpha value is -2.82.